The van der Waals surface area contributed by atoms with Crippen molar-refractivity contribution in [2.45, 2.75) is 31.5 Å². The van der Waals surface area contributed by atoms with E-state index in [1.54, 1.807) is 11.1 Å². The van der Waals surface area contributed by atoms with Crippen molar-refractivity contribution < 1.29 is 9.90 Å². The molecule has 22 heavy (non-hydrogen) atoms. The number of anilines is 1. The standard InChI is InChI=1S/C15H19N5O2/c1-3-13(22)20-7-10(6-12(21)9(20)2)19-15-11-4-5-16-14(11)17-8-18-15/h3-5,8-10,12,21H,1,6-7H2,2H3,(H2,16,17,18,19)/t9-,10+,12-/m0/s1. The summed E-state index contributed by atoms with van der Waals surface area (Å²) in [7, 11) is 0. The molecule has 3 rings (SSSR count). The van der Waals surface area contributed by atoms with Gasteiger partial charge in [0.15, 0.2) is 0 Å². The molecule has 0 bridgehead atoms. The molecule has 3 atom stereocenters. The summed E-state index contributed by atoms with van der Waals surface area (Å²) in [6.07, 6.45) is 4.53. The predicted octanol–water partition coefficient (Wildman–Crippen LogP) is 0.906. The van der Waals surface area contributed by atoms with E-state index in [1.165, 1.54) is 12.4 Å². The smallest absolute Gasteiger partial charge is 0.246 e. The highest BCUT2D eigenvalue weighted by Crippen LogP contribution is 2.24. The molecule has 1 fully saturated rings. The van der Waals surface area contributed by atoms with Gasteiger partial charge in [0.2, 0.25) is 5.91 Å². The van der Waals surface area contributed by atoms with Crippen LogP contribution in [-0.4, -0.2) is 55.6 Å². The zero-order valence-electron chi connectivity index (χ0n) is 12.4. The highest BCUT2D eigenvalue weighted by molar-refractivity contribution is 5.88. The summed E-state index contributed by atoms with van der Waals surface area (Å²) in [6, 6.07) is 1.59. The van der Waals surface area contributed by atoms with Gasteiger partial charge in [-0.05, 0) is 25.5 Å². The molecule has 0 radical (unpaired) electrons. The Morgan fingerprint density at radius 1 is 1.59 bits per heavy atom. The van der Waals surface area contributed by atoms with E-state index in [-0.39, 0.29) is 18.0 Å². The van der Waals surface area contributed by atoms with E-state index in [0.29, 0.717) is 18.8 Å². The van der Waals surface area contributed by atoms with Gasteiger partial charge in [-0.2, -0.15) is 0 Å². The number of rotatable bonds is 3. The zero-order chi connectivity index (χ0) is 15.7. The van der Waals surface area contributed by atoms with Crippen molar-refractivity contribution in [3.8, 4) is 0 Å². The van der Waals surface area contributed by atoms with Crippen molar-refractivity contribution in [1.82, 2.24) is 19.9 Å². The van der Waals surface area contributed by atoms with E-state index >= 15 is 0 Å². The van der Waals surface area contributed by atoms with Gasteiger partial charge in [0, 0.05) is 18.8 Å². The molecule has 0 aromatic carbocycles. The maximum absolute atomic E-state index is 11.9. The third-order valence-corrected chi connectivity index (χ3v) is 4.14. The molecule has 0 saturated carbocycles. The van der Waals surface area contributed by atoms with Crippen molar-refractivity contribution >= 4 is 22.8 Å². The number of aromatic nitrogens is 3. The third-order valence-electron chi connectivity index (χ3n) is 4.14. The lowest BCUT2D eigenvalue weighted by Crippen LogP contribution is -2.55. The molecule has 0 unspecified atom stereocenters. The molecule has 2 aromatic heterocycles. The lowest BCUT2D eigenvalue weighted by molar-refractivity contribution is -0.133. The zero-order valence-corrected chi connectivity index (χ0v) is 12.4. The molecule has 3 heterocycles. The fraction of sp³-hybridized carbons (Fsp3) is 0.400. The summed E-state index contributed by atoms with van der Waals surface area (Å²) in [4.78, 5) is 25.0. The highest BCUT2D eigenvalue weighted by Gasteiger charge is 2.34. The van der Waals surface area contributed by atoms with Gasteiger partial charge in [-0.3, -0.25) is 4.79 Å². The number of amides is 1. The first kappa shape index (κ1) is 14.5. The van der Waals surface area contributed by atoms with Crippen molar-refractivity contribution in [1.29, 1.82) is 0 Å². The first-order valence-corrected chi connectivity index (χ1v) is 7.26. The molecule has 1 aliphatic rings. The van der Waals surface area contributed by atoms with Crippen LogP contribution in [0.5, 0.6) is 0 Å². The molecule has 1 amide bonds. The largest absolute Gasteiger partial charge is 0.391 e. The van der Waals surface area contributed by atoms with Crippen LogP contribution in [0.2, 0.25) is 0 Å². The van der Waals surface area contributed by atoms with E-state index in [4.69, 9.17) is 0 Å². The number of aliphatic hydroxyl groups excluding tert-OH is 1. The minimum atomic E-state index is -0.585. The van der Waals surface area contributed by atoms with E-state index < -0.39 is 6.10 Å². The molecule has 116 valence electrons. The summed E-state index contributed by atoms with van der Waals surface area (Å²) in [5.41, 5.74) is 0.751. The second-order valence-electron chi connectivity index (χ2n) is 5.54. The monoisotopic (exact) mass is 301 g/mol. The van der Waals surface area contributed by atoms with Gasteiger partial charge < -0.3 is 20.3 Å². The average molecular weight is 301 g/mol. The Morgan fingerprint density at radius 2 is 2.41 bits per heavy atom. The van der Waals surface area contributed by atoms with E-state index in [0.717, 1.165) is 11.0 Å². The van der Waals surface area contributed by atoms with Crippen LogP contribution < -0.4 is 5.32 Å². The maximum Gasteiger partial charge on any atom is 0.246 e. The number of carbonyl (C=O) groups is 1. The van der Waals surface area contributed by atoms with Crippen molar-refractivity contribution in [2.75, 3.05) is 11.9 Å². The van der Waals surface area contributed by atoms with E-state index in [2.05, 4.69) is 26.8 Å². The molecule has 2 aromatic rings. The Labute approximate surface area is 128 Å². The highest BCUT2D eigenvalue weighted by atomic mass is 16.3. The van der Waals surface area contributed by atoms with Crippen LogP contribution in [0.4, 0.5) is 5.82 Å². The van der Waals surface area contributed by atoms with E-state index in [9.17, 15) is 9.90 Å². The molecule has 1 aliphatic heterocycles. The molecular weight excluding hydrogens is 282 g/mol. The number of hydrogen-bond donors (Lipinski definition) is 3. The summed E-state index contributed by atoms with van der Waals surface area (Å²) >= 11 is 0. The van der Waals surface area contributed by atoms with Crippen LogP contribution in [0, 0.1) is 0 Å². The molecular formula is C15H19N5O2. The molecule has 7 heteroatoms. The Morgan fingerprint density at radius 3 is 3.18 bits per heavy atom. The summed E-state index contributed by atoms with van der Waals surface area (Å²) in [6.45, 7) is 5.86. The first-order chi connectivity index (χ1) is 10.6. The number of nitrogens with one attached hydrogen (secondary N) is 2. The van der Waals surface area contributed by atoms with Crippen LogP contribution in [0.15, 0.2) is 31.2 Å². The minimum Gasteiger partial charge on any atom is -0.391 e. The molecule has 0 spiro atoms. The Hall–Kier alpha value is -2.41. The number of likely N-dealkylation sites (tertiary alicyclic amines) is 1. The number of carbonyl (C=O) groups excluding carboxylic acids is 1. The number of hydrogen-bond acceptors (Lipinski definition) is 5. The summed E-state index contributed by atoms with van der Waals surface area (Å²) in [5, 5.41) is 14.4. The number of piperidine rings is 1. The fourth-order valence-corrected chi connectivity index (χ4v) is 2.87. The van der Waals surface area contributed by atoms with Crippen LogP contribution in [-0.2, 0) is 4.79 Å². The number of aliphatic hydroxyl groups is 1. The van der Waals surface area contributed by atoms with Crippen molar-refractivity contribution in [3.63, 3.8) is 0 Å². The summed E-state index contributed by atoms with van der Waals surface area (Å²) < 4.78 is 0. The van der Waals surface area contributed by atoms with Gasteiger partial charge in [0.1, 0.15) is 17.8 Å². The number of nitrogens with zero attached hydrogens (tertiary/aromatic N) is 3. The second-order valence-corrected chi connectivity index (χ2v) is 5.54. The Bertz CT molecular complexity index is 698. The quantitative estimate of drug-likeness (QED) is 0.733. The van der Waals surface area contributed by atoms with Crippen LogP contribution >= 0.6 is 0 Å². The van der Waals surface area contributed by atoms with Gasteiger partial charge in [-0.15, -0.1) is 0 Å². The van der Waals surface area contributed by atoms with Gasteiger partial charge in [0.05, 0.1) is 17.5 Å². The topological polar surface area (TPSA) is 94.1 Å². The molecule has 3 N–H and O–H groups in total. The Balaban J connectivity index is 1.81. The third kappa shape index (κ3) is 2.55. The number of H-pyrrole nitrogens is 1. The van der Waals surface area contributed by atoms with Crippen molar-refractivity contribution in [3.05, 3.63) is 31.2 Å². The van der Waals surface area contributed by atoms with Crippen LogP contribution in [0.3, 0.4) is 0 Å². The normalized spacial score (nSPS) is 25.2. The van der Waals surface area contributed by atoms with E-state index in [1.807, 2.05) is 13.0 Å². The van der Waals surface area contributed by atoms with Crippen LogP contribution in [0.1, 0.15) is 13.3 Å². The maximum atomic E-state index is 11.9. The lowest BCUT2D eigenvalue weighted by atomic mass is 9.96. The van der Waals surface area contributed by atoms with Gasteiger partial charge >= 0.3 is 0 Å². The van der Waals surface area contributed by atoms with Gasteiger partial charge in [0.25, 0.3) is 0 Å². The van der Waals surface area contributed by atoms with Crippen molar-refractivity contribution in [2.24, 2.45) is 0 Å². The molecule has 7 nitrogen and oxygen atoms in total. The average Bonchev–Trinajstić information content (AvgIpc) is 2.99. The summed E-state index contributed by atoms with van der Waals surface area (Å²) in [5.74, 6) is 0.525. The predicted molar refractivity (Wildman–Crippen MR) is 83.3 cm³/mol. The number of aromatic amines is 1. The lowest BCUT2D eigenvalue weighted by Gasteiger charge is -2.41. The first-order valence-electron chi connectivity index (χ1n) is 7.26. The fourth-order valence-electron chi connectivity index (χ4n) is 2.87. The van der Waals surface area contributed by atoms with Crippen LogP contribution in [0.25, 0.3) is 11.0 Å². The Kier molecular flexibility index (Phi) is 3.81. The molecule has 1 saturated heterocycles. The SMILES string of the molecule is C=CC(=O)N1C[C@H](Nc2ncnc3[nH]ccc23)C[C@H](O)[C@@H]1C. The van der Waals surface area contributed by atoms with Gasteiger partial charge in [-0.25, -0.2) is 9.97 Å². The minimum absolute atomic E-state index is 0.0805. The van der Waals surface area contributed by atoms with Gasteiger partial charge in [-0.1, -0.05) is 6.58 Å². The number of fused-ring (bicyclic) bond motifs is 1. The molecule has 0 aliphatic carbocycles. The second kappa shape index (κ2) is 5.76.